The van der Waals surface area contributed by atoms with Gasteiger partial charge >= 0.3 is 5.97 Å². The summed E-state index contributed by atoms with van der Waals surface area (Å²) in [6.07, 6.45) is 0.729. The van der Waals surface area contributed by atoms with Gasteiger partial charge in [0.1, 0.15) is 0 Å². The number of nitrogens with one attached hydrogen (secondary N) is 1. The zero-order valence-electron chi connectivity index (χ0n) is 11.7. The van der Waals surface area contributed by atoms with Crippen molar-refractivity contribution >= 4 is 17.3 Å². The predicted octanol–water partition coefficient (Wildman–Crippen LogP) is 0.875. The van der Waals surface area contributed by atoms with Crippen LogP contribution in [0.15, 0.2) is 18.2 Å². The Morgan fingerprint density at radius 2 is 2.38 bits per heavy atom. The number of methoxy groups -OCH3 is 1. The van der Waals surface area contributed by atoms with Gasteiger partial charge in [0.25, 0.3) is 5.69 Å². The molecule has 1 aliphatic rings. The fourth-order valence-electron chi connectivity index (χ4n) is 2.54. The number of hydrogen-bond donors (Lipinski definition) is 2. The molecule has 8 nitrogen and oxygen atoms in total. The van der Waals surface area contributed by atoms with Crippen molar-refractivity contribution in [3.8, 4) is 0 Å². The number of nitrogens with two attached hydrogens (primary N) is 1. The highest BCUT2D eigenvalue weighted by Crippen LogP contribution is 2.26. The molecule has 1 heterocycles. The van der Waals surface area contributed by atoms with Gasteiger partial charge in [0, 0.05) is 25.2 Å². The summed E-state index contributed by atoms with van der Waals surface area (Å²) < 4.78 is 4.74. The number of hydrazine groups is 1. The maximum absolute atomic E-state index is 11.5. The molecule has 3 N–H and O–H groups in total. The smallest absolute Gasteiger partial charge is 0.310 e. The first-order valence-corrected chi connectivity index (χ1v) is 6.59. The fourth-order valence-corrected chi connectivity index (χ4v) is 2.54. The Morgan fingerprint density at radius 1 is 1.62 bits per heavy atom. The Morgan fingerprint density at radius 3 is 3.00 bits per heavy atom. The summed E-state index contributed by atoms with van der Waals surface area (Å²) in [6, 6.07) is 4.49. The van der Waals surface area contributed by atoms with Crippen molar-refractivity contribution in [3.63, 3.8) is 0 Å². The summed E-state index contributed by atoms with van der Waals surface area (Å²) in [7, 11) is 1.38. The number of carbonyl (C=O) groups excluding carboxylic acids is 1. The van der Waals surface area contributed by atoms with E-state index >= 15 is 0 Å². The van der Waals surface area contributed by atoms with Crippen LogP contribution < -0.4 is 11.3 Å². The Bertz CT molecular complexity index is 549. The molecule has 1 saturated heterocycles. The van der Waals surface area contributed by atoms with E-state index in [9.17, 15) is 14.9 Å². The minimum absolute atomic E-state index is 0.0210. The molecule has 0 spiro atoms. The van der Waals surface area contributed by atoms with Crippen molar-refractivity contribution in [1.82, 2.24) is 4.90 Å². The van der Waals surface area contributed by atoms with Crippen LogP contribution in [-0.4, -0.2) is 36.0 Å². The number of nitro benzene ring substituents is 1. The maximum atomic E-state index is 11.5. The largest absolute Gasteiger partial charge is 0.469 e. The van der Waals surface area contributed by atoms with Crippen LogP contribution in [0.2, 0.25) is 0 Å². The van der Waals surface area contributed by atoms with Crippen LogP contribution in [0, 0.1) is 16.0 Å². The molecule has 1 aromatic carbocycles. The number of hydrogen-bond acceptors (Lipinski definition) is 7. The number of nitro groups is 1. The lowest BCUT2D eigenvalue weighted by Gasteiger charge is -2.17. The van der Waals surface area contributed by atoms with Crippen molar-refractivity contribution in [2.24, 2.45) is 11.8 Å². The van der Waals surface area contributed by atoms with Crippen LogP contribution in [0.3, 0.4) is 0 Å². The van der Waals surface area contributed by atoms with Crippen molar-refractivity contribution in [3.05, 3.63) is 33.9 Å². The van der Waals surface area contributed by atoms with Crippen LogP contribution in [-0.2, 0) is 16.1 Å². The number of nitrogens with zero attached hydrogens (tertiary/aromatic N) is 2. The van der Waals surface area contributed by atoms with E-state index in [4.69, 9.17) is 10.6 Å². The lowest BCUT2D eigenvalue weighted by atomic mass is 10.1. The number of anilines is 1. The second-order valence-corrected chi connectivity index (χ2v) is 4.99. The highest BCUT2D eigenvalue weighted by Gasteiger charge is 2.29. The Labute approximate surface area is 122 Å². The number of non-ortho nitro benzene ring substituents is 1. The zero-order valence-corrected chi connectivity index (χ0v) is 11.7. The summed E-state index contributed by atoms with van der Waals surface area (Å²) in [6.45, 7) is 1.82. The van der Waals surface area contributed by atoms with Gasteiger partial charge in [0.15, 0.2) is 0 Å². The summed E-state index contributed by atoms with van der Waals surface area (Å²) in [5.41, 5.74) is 3.94. The fraction of sp³-hybridized carbons (Fsp3) is 0.462. The summed E-state index contributed by atoms with van der Waals surface area (Å²) in [5.74, 6) is 5.09. The van der Waals surface area contributed by atoms with Gasteiger partial charge in [-0.25, -0.2) is 0 Å². The topological polar surface area (TPSA) is 111 Å². The molecule has 114 valence electrons. The number of esters is 1. The van der Waals surface area contributed by atoms with E-state index in [0.29, 0.717) is 18.8 Å². The molecule has 0 aromatic heterocycles. The number of nitrogen functional groups attached to an aromatic ring is 1. The van der Waals surface area contributed by atoms with Gasteiger partial charge in [-0.3, -0.25) is 25.7 Å². The SMILES string of the molecule is COC(=O)C1CCN(Cc2cc([N+](=O)[O-])ccc2NN)C1. The highest BCUT2D eigenvalue weighted by atomic mass is 16.6. The molecular formula is C13H18N4O4. The molecule has 1 atom stereocenters. The van der Waals surface area contributed by atoms with Crippen molar-refractivity contribution in [2.45, 2.75) is 13.0 Å². The molecule has 1 aromatic rings. The molecule has 1 unspecified atom stereocenters. The van der Waals surface area contributed by atoms with E-state index in [2.05, 4.69) is 10.3 Å². The highest BCUT2D eigenvalue weighted by molar-refractivity contribution is 5.72. The number of rotatable bonds is 5. The molecule has 1 aliphatic heterocycles. The lowest BCUT2D eigenvalue weighted by Crippen LogP contribution is -2.24. The van der Waals surface area contributed by atoms with E-state index < -0.39 is 4.92 Å². The molecule has 2 rings (SSSR count). The number of likely N-dealkylation sites (tertiary alicyclic amines) is 1. The zero-order chi connectivity index (χ0) is 15.4. The summed E-state index contributed by atoms with van der Waals surface area (Å²) in [5, 5.41) is 10.8. The Hall–Kier alpha value is -2.19. The van der Waals surface area contributed by atoms with E-state index in [-0.39, 0.29) is 17.6 Å². The minimum atomic E-state index is -0.439. The first kappa shape index (κ1) is 15.2. The quantitative estimate of drug-likeness (QED) is 0.359. The molecule has 0 amide bonds. The van der Waals surface area contributed by atoms with Gasteiger partial charge in [-0.15, -0.1) is 0 Å². The van der Waals surface area contributed by atoms with E-state index in [1.54, 1.807) is 6.07 Å². The van der Waals surface area contributed by atoms with Crippen molar-refractivity contribution in [2.75, 3.05) is 25.6 Å². The van der Waals surface area contributed by atoms with Crippen LogP contribution in [0.25, 0.3) is 0 Å². The van der Waals surface area contributed by atoms with Gasteiger partial charge in [0.05, 0.1) is 23.6 Å². The molecular weight excluding hydrogens is 276 g/mol. The van der Waals surface area contributed by atoms with Crippen LogP contribution in [0.5, 0.6) is 0 Å². The molecule has 1 fully saturated rings. The Balaban J connectivity index is 2.10. The number of ether oxygens (including phenoxy) is 1. The average Bonchev–Trinajstić information content (AvgIpc) is 2.94. The Kier molecular flexibility index (Phi) is 4.71. The maximum Gasteiger partial charge on any atom is 0.310 e. The van der Waals surface area contributed by atoms with Crippen LogP contribution in [0.1, 0.15) is 12.0 Å². The van der Waals surface area contributed by atoms with Gasteiger partial charge in [-0.05, 0) is 24.6 Å². The second kappa shape index (κ2) is 6.51. The molecule has 8 heteroatoms. The normalized spacial score (nSPS) is 18.5. The summed E-state index contributed by atoms with van der Waals surface area (Å²) in [4.78, 5) is 24.0. The molecule has 21 heavy (non-hydrogen) atoms. The predicted molar refractivity (Wildman–Crippen MR) is 76.3 cm³/mol. The first-order chi connectivity index (χ1) is 10.0. The van der Waals surface area contributed by atoms with E-state index in [1.165, 1.54) is 19.2 Å². The third-order valence-electron chi connectivity index (χ3n) is 3.66. The van der Waals surface area contributed by atoms with Gasteiger partial charge in [-0.1, -0.05) is 0 Å². The molecule has 0 bridgehead atoms. The van der Waals surface area contributed by atoms with Crippen LogP contribution in [0.4, 0.5) is 11.4 Å². The van der Waals surface area contributed by atoms with E-state index in [0.717, 1.165) is 18.5 Å². The average molecular weight is 294 g/mol. The van der Waals surface area contributed by atoms with E-state index in [1.807, 2.05) is 0 Å². The standard InChI is InChI=1S/C13H18N4O4/c1-21-13(18)9-4-5-16(7-9)8-10-6-11(17(19)20)2-3-12(10)15-14/h2-3,6,9,15H,4-5,7-8,14H2,1H3. The van der Waals surface area contributed by atoms with Crippen molar-refractivity contribution < 1.29 is 14.5 Å². The first-order valence-electron chi connectivity index (χ1n) is 6.59. The lowest BCUT2D eigenvalue weighted by molar-refractivity contribution is -0.384. The number of carbonyl (C=O) groups is 1. The number of benzene rings is 1. The second-order valence-electron chi connectivity index (χ2n) is 4.99. The molecule has 0 aliphatic carbocycles. The van der Waals surface area contributed by atoms with Gasteiger partial charge in [-0.2, -0.15) is 0 Å². The third kappa shape index (κ3) is 3.47. The van der Waals surface area contributed by atoms with Gasteiger partial charge < -0.3 is 10.2 Å². The van der Waals surface area contributed by atoms with Gasteiger partial charge in [0.2, 0.25) is 0 Å². The molecule has 0 radical (unpaired) electrons. The van der Waals surface area contributed by atoms with Crippen LogP contribution >= 0.6 is 0 Å². The van der Waals surface area contributed by atoms with Crippen molar-refractivity contribution in [1.29, 1.82) is 0 Å². The minimum Gasteiger partial charge on any atom is -0.469 e. The molecule has 0 saturated carbocycles. The monoisotopic (exact) mass is 294 g/mol. The summed E-state index contributed by atoms with van der Waals surface area (Å²) >= 11 is 0. The third-order valence-corrected chi connectivity index (χ3v) is 3.66.